The first-order valence-electron chi connectivity index (χ1n) is 8.97. The molecule has 0 saturated carbocycles. The molecule has 0 radical (unpaired) electrons. The molecule has 3 aromatic rings. The standard InChI is InChI=1S/C20H20N4OS/c25-20(18-10-17(21-22-18)19-6-3-9-26-19)24-12-16(13-24)23-8-7-14-4-1-2-5-15(14)11-23/h1-6,9-10,16H,7-8,11-13H2,(H,21,22). The minimum absolute atomic E-state index is 0.0257. The number of carbonyl (C=O) groups excluding carboxylic acids is 1. The molecule has 5 nitrogen and oxygen atoms in total. The largest absolute Gasteiger partial charge is 0.334 e. The van der Waals surface area contributed by atoms with Gasteiger partial charge in [-0.15, -0.1) is 11.3 Å². The second-order valence-corrected chi connectivity index (χ2v) is 7.95. The summed E-state index contributed by atoms with van der Waals surface area (Å²) < 4.78 is 0. The minimum atomic E-state index is 0.0257. The Balaban J connectivity index is 1.21. The summed E-state index contributed by atoms with van der Waals surface area (Å²) in [4.78, 5) is 18.2. The van der Waals surface area contributed by atoms with E-state index in [4.69, 9.17) is 0 Å². The third kappa shape index (κ3) is 2.75. The predicted octanol–water partition coefficient (Wildman–Crippen LogP) is 3.02. The summed E-state index contributed by atoms with van der Waals surface area (Å²) in [7, 11) is 0. The highest BCUT2D eigenvalue weighted by Gasteiger charge is 2.37. The van der Waals surface area contributed by atoms with E-state index in [-0.39, 0.29) is 5.91 Å². The summed E-state index contributed by atoms with van der Waals surface area (Å²) in [5.74, 6) is 0.0257. The Morgan fingerprint density at radius 1 is 1.15 bits per heavy atom. The maximum absolute atomic E-state index is 12.7. The van der Waals surface area contributed by atoms with Crippen LogP contribution in [0, 0.1) is 0 Å². The van der Waals surface area contributed by atoms with Crippen LogP contribution in [0.15, 0.2) is 47.8 Å². The number of hydrogen-bond donors (Lipinski definition) is 1. The number of rotatable bonds is 3. The number of aromatic nitrogens is 2. The Hall–Kier alpha value is -2.44. The van der Waals surface area contributed by atoms with Crippen molar-refractivity contribution in [2.45, 2.75) is 19.0 Å². The van der Waals surface area contributed by atoms with Gasteiger partial charge in [-0.2, -0.15) is 5.10 Å². The van der Waals surface area contributed by atoms with Crippen molar-refractivity contribution >= 4 is 17.2 Å². The number of H-pyrrole nitrogens is 1. The molecule has 1 amide bonds. The van der Waals surface area contributed by atoms with Gasteiger partial charge in [0.15, 0.2) is 5.69 Å². The van der Waals surface area contributed by atoms with Gasteiger partial charge in [0.2, 0.25) is 0 Å². The number of nitrogens with zero attached hydrogens (tertiary/aromatic N) is 3. The minimum Gasteiger partial charge on any atom is -0.334 e. The van der Waals surface area contributed by atoms with Gasteiger partial charge < -0.3 is 4.90 Å². The van der Waals surface area contributed by atoms with Crippen LogP contribution in [-0.2, 0) is 13.0 Å². The number of fused-ring (bicyclic) bond motifs is 1. The van der Waals surface area contributed by atoms with Crippen LogP contribution in [0.3, 0.4) is 0 Å². The molecule has 6 heteroatoms. The fourth-order valence-electron chi connectivity index (χ4n) is 3.83. The molecular formula is C20H20N4OS. The lowest BCUT2D eigenvalue weighted by Gasteiger charge is -2.46. The molecule has 1 saturated heterocycles. The van der Waals surface area contributed by atoms with Gasteiger partial charge in [-0.1, -0.05) is 30.3 Å². The fraction of sp³-hybridized carbons (Fsp3) is 0.300. The third-order valence-corrected chi connectivity index (χ3v) is 6.31. The van der Waals surface area contributed by atoms with Crippen molar-refractivity contribution in [1.29, 1.82) is 0 Å². The summed E-state index contributed by atoms with van der Waals surface area (Å²) in [6.45, 7) is 3.66. The number of aromatic amines is 1. The van der Waals surface area contributed by atoms with Crippen molar-refractivity contribution in [1.82, 2.24) is 20.0 Å². The zero-order valence-corrected chi connectivity index (χ0v) is 15.2. The zero-order valence-electron chi connectivity index (χ0n) is 14.4. The molecule has 2 aliphatic heterocycles. The normalized spacial score (nSPS) is 17.8. The lowest BCUT2D eigenvalue weighted by molar-refractivity contribution is 0.0214. The Morgan fingerprint density at radius 3 is 2.81 bits per heavy atom. The van der Waals surface area contributed by atoms with E-state index in [9.17, 15) is 4.79 Å². The second-order valence-electron chi connectivity index (χ2n) is 7.00. The van der Waals surface area contributed by atoms with E-state index >= 15 is 0 Å². The number of likely N-dealkylation sites (tertiary alicyclic amines) is 1. The average molecular weight is 364 g/mol. The molecule has 2 aromatic heterocycles. The molecule has 26 heavy (non-hydrogen) atoms. The van der Waals surface area contributed by atoms with Crippen LogP contribution in [0.25, 0.3) is 10.6 Å². The molecule has 1 aromatic carbocycles. The van der Waals surface area contributed by atoms with Gasteiger partial charge in [-0.3, -0.25) is 14.8 Å². The Kier molecular flexibility index (Phi) is 3.87. The molecular weight excluding hydrogens is 344 g/mol. The first-order chi connectivity index (χ1) is 12.8. The van der Waals surface area contributed by atoms with E-state index in [1.807, 2.05) is 28.5 Å². The molecule has 1 fully saturated rings. The predicted molar refractivity (Wildman–Crippen MR) is 102 cm³/mol. The molecule has 2 aliphatic rings. The molecule has 0 aliphatic carbocycles. The van der Waals surface area contributed by atoms with E-state index in [2.05, 4.69) is 39.4 Å². The van der Waals surface area contributed by atoms with Crippen molar-refractivity contribution in [2.75, 3.05) is 19.6 Å². The van der Waals surface area contributed by atoms with Gasteiger partial charge >= 0.3 is 0 Å². The smallest absolute Gasteiger partial charge is 0.274 e. The van der Waals surface area contributed by atoms with Gasteiger partial charge in [-0.25, -0.2) is 0 Å². The van der Waals surface area contributed by atoms with Crippen LogP contribution in [0.1, 0.15) is 21.6 Å². The van der Waals surface area contributed by atoms with Crippen LogP contribution >= 0.6 is 11.3 Å². The van der Waals surface area contributed by atoms with Crippen LogP contribution in [-0.4, -0.2) is 51.6 Å². The summed E-state index contributed by atoms with van der Waals surface area (Å²) >= 11 is 1.64. The first-order valence-corrected chi connectivity index (χ1v) is 9.85. The maximum Gasteiger partial charge on any atom is 0.274 e. The van der Waals surface area contributed by atoms with Crippen LogP contribution in [0.5, 0.6) is 0 Å². The van der Waals surface area contributed by atoms with Crippen molar-refractivity contribution < 1.29 is 4.79 Å². The number of thiophene rings is 1. The number of benzene rings is 1. The molecule has 0 unspecified atom stereocenters. The summed E-state index contributed by atoms with van der Waals surface area (Å²) in [5, 5.41) is 9.22. The molecule has 0 bridgehead atoms. The van der Waals surface area contributed by atoms with E-state index in [0.717, 1.165) is 43.2 Å². The topological polar surface area (TPSA) is 52.2 Å². The number of hydrogen-bond acceptors (Lipinski definition) is 4. The van der Waals surface area contributed by atoms with Crippen LogP contribution in [0.2, 0.25) is 0 Å². The molecule has 1 N–H and O–H groups in total. The monoisotopic (exact) mass is 364 g/mol. The quantitative estimate of drug-likeness (QED) is 0.777. The third-order valence-electron chi connectivity index (χ3n) is 5.41. The molecule has 132 valence electrons. The highest BCUT2D eigenvalue weighted by Crippen LogP contribution is 2.27. The zero-order chi connectivity index (χ0) is 17.5. The lowest BCUT2D eigenvalue weighted by Crippen LogP contribution is -2.61. The van der Waals surface area contributed by atoms with Gasteiger partial charge in [0, 0.05) is 32.2 Å². The van der Waals surface area contributed by atoms with Gasteiger partial charge in [0.05, 0.1) is 10.6 Å². The van der Waals surface area contributed by atoms with Crippen LogP contribution in [0.4, 0.5) is 0 Å². The van der Waals surface area contributed by atoms with Crippen molar-refractivity contribution in [3.05, 3.63) is 64.7 Å². The molecule has 5 rings (SSSR count). The van der Waals surface area contributed by atoms with E-state index in [1.54, 1.807) is 11.3 Å². The van der Waals surface area contributed by atoms with Gasteiger partial charge in [-0.05, 0) is 35.1 Å². The van der Waals surface area contributed by atoms with Crippen molar-refractivity contribution in [3.8, 4) is 10.6 Å². The van der Waals surface area contributed by atoms with E-state index < -0.39 is 0 Å². The maximum atomic E-state index is 12.7. The fourth-order valence-corrected chi connectivity index (χ4v) is 4.53. The SMILES string of the molecule is O=C(c1cc(-c2cccs2)[nH]n1)N1CC(N2CCc3ccccc3C2)C1. The highest BCUT2D eigenvalue weighted by atomic mass is 32.1. The van der Waals surface area contributed by atoms with Crippen LogP contribution < -0.4 is 0 Å². The number of amides is 1. The van der Waals surface area contributed by atoms with Gasteiger partial charge in [0.25, 0.3) is 5.91 Å². The van der Waals surface area contributed by atoms with E-state index in [0.29, 0.717) is 11.7 Å². The van der Waals surface area contributed by atoms with Gasteiger partial charge in [0.1, 0.15) is 0 Å². The number of nitrogens with one attached hydrogen (secondary N) is 1. The summed E-state index contributed by atoms with van der Waals surface area (Å²) in [6, 6.07) is 15.0. The highest BCUT2D eigenvalue weighted by molar-refractivity contribution is 7.13. The van der Waals surface area contributed by atoms with Crippen molar-refractivity contribution in [2.24, 2.45) is 0 Å². The molecule has 0 atom stereocenters. The Labute approximate surface area is 156 Å². The summed E-state index contributed by atoms with van der Waals surface area (Å²) in [6.07, 6.45) is 1.10. The molecule has 0 spiro atoms. The number of carbonyl (C=O) groups is 1. The first kappa shape index (κ1) is 15.8. The summed E-state index contributed by atoms with van der Waals surface area (Å²) in [5.41, 5.74) is 4.31. The Bertz CT molecular complexity index is 927. The second kappa shape index (κ2) is 6.37. The molecule has 4 heterocycles. The average Bonchev–Trinajstić information content (AvgIpc) is 3.31. The van der Waals surface area contributed by atoms with Crippen molar-refractivity contribution in [3.63, 3.8) is 0 Å². The lowest BCUT2D eigenvalue weighted by atomic mass is 9.96. The Morgan fingerprint density at radius 2 is 2.00 bits per heavy atom. The van der Waals surface area contributed by atoms with E-state index in [1.165, 1.54) is 11.1 Å².